The lowest BCUT2D eigenvalue weighted by atomic mass is 9.98. The smallest absolute Gasteiger partial charge is 0.133 e. The van der Waals surface area contributed by atoms with Crippen LogP contribution in [0, 0.1) is 6.92 Å². The van der Waals surface area contributed by atoms with E-state index < -0.39 is 0 Å². The van der Waals surface area contributed by atoms with Crippen LogP contribution in [0.2, 0.25) is 5.15 Å². The van der Waals surface area contributed by atoms with Gasteiger partial charge < -0.3 is 0 Å². The third kappa shape index (κ3) is 2.39. The number of nitrogens with zero attached hydrogens (tertiary/aromatic N) is 2. The van der Waals surface area contributed by atoms with Crippen molar-refractivity contribution >= 4 is 11.6 Å². The van der Waals surface area contributed by atoms with Gasteiger partial charge in [0.25, 0.3) is 0 Å². The van der Waals surface area contributed by atoms with Gasteiger partial charge in [0.1, 0.15) is 11.0 Å². The molecule has 1 atom stereocenters. The highest BCUT2D eigenvalue weighted by atomic mass is 35.5. The van der Waals surface area contributed by atoms with E-state index in [2.05, 4.69) is 29.0 Å². The SMILES string of the molecule is Cc1nc(Cl)cc(C(C)c2ccccc2)n1. The summed E-state index contributed by atoms with van der Waals surface area (Å²) in [5, 5.41) is 0.505. The number of aromatic nitrogens is 2. The van der Waals surface area contributed by atoms with E-state index in [0.29, 0.717) is 11.0 Å². The molecule has 2 rings (SSSR count). The molecule has 0 N–H and O–H groups in total. The van der Waals surface area contributed by atoms with Gasteiger partial charge in [-0.1, -0.05) is 48.9 Å². The van der Waals surface area contributed by atoms with Gasteiger partial charge in [-0.25, -0.2) is 9.97 Å². The molecule has 2 aromatic rings. The van der Waals surface area contributed by atoms with E-state index in [1.807, 2.05) is 31.2 Å². The van der Waals surface area contributed by atoms with Crippen LogP contribution in [0.15, 0.2) is 36.4 Å². The molecule has 1 unspecified atom stereocenters. The van der Waals surface area contributed by atoms with Gasteiger partial charge in [0.05, 0.1) is 5.69 Å². The first-order valence-electron chi connectivity index (χ1n) is 5.23. The zero-order valence-electron chi connectivity index (χ0n) is 9.31. The van der Waals surface area contributed by atoms with Crippen molar-refractivity contribution in [1.29, 1.82) is 0 Å². The summed E-state index contributed by atoms with van der Waals surface area (Å²) in [7, 11) is 0. The van der Waals surface area contributed by atoms with Crippen molar-refractivity contribution in [3.63, 3.8) is 0 Å². The summed E-state index contributed by atoms with van der Waals surface area (Å²) in [5.41, 5.74) is 2.19. The van der Waals surface area contributed by atoms with Crippen molar-refractivity contribution < 1.29 is 0 Å². The Bertz CT molecular complexity index is 462. The quantitative estimate of drug-likeness (QED) is 0.740. The Morgan fingerprint density at radius 2 is 1.81 bits per heavy atom. The maximum atomic E-state index is 5.93. The van der Waals surface area contributed by atoms with E-state index in [4.69, 9.17) is 11.6 Å². The molecule has 0 saturated carbocycles. The normalized spacial score (nSPS) is 12.4. The molecule has 0 aliphatic heterocycles. The van der Waals surface area contributed by atoms with Crippen molar-refractivity contribution in [1.82, 2.24) is 9.97 Å². The number of benzene rings is 1. The summed E-state index contributed by atoms with van der Waals surface area (Å²) in [6, 6.07) is 12.1. The molecule has 0 spiro atoms. The van der Waals surface area contributed by atoms with Crippen LogP contribution >= 0.6 is 11.6 Å². The predicted octanol–water partition coefficient (Wildman–Crippen LogP) is 3.59. The molecule has 0 bridgehead atoms. The predicted molar refractivity (Wildman–Crippen MR) is 65.7 cm³/mol. The maximum absolute atomic E-state index is 5.93. The molecule has 1 heterocycles. The average molecular weight is 233 g/mol. The molecule has 3 heteroatoms. The Morgan fingerprint density at radius 3 is 2.44 bits per heavy atom. The zero-order chi connectivity index (χ0) is 11.5. The van der Waals surface area contributed by atoms with E-state index in [-0.39, 0.29) is 5.92 Å². The Kier molecular flexibility index (Phi) is 3.20. The van der Waals surface area contributed by atoms with Gasteiger partial charge in [-0.15, -0.1) is 0 Å². The van der Waals surface area contributed by atoms with Crippen LogP contribution in [0.5, 0.6) is 0 Å². The summed E-state index contributed by atoms with van der Waals surface area (Å²) < 4.78 is 0. The Morgan fingerprint density at radius 1 is 1.12 bits per heavy atom. The number of aryl methyl sites for hydroxylation is 1. The molecular formula is C13H13ClN2. The minimum Gasteiger partial charge on any atom is -0.238 e. The number of halogens is 1. The third-order valence-electron chi connectivity index (χ3n) is 2.57. The highest BCUT2D eigenvalue weighted by molar-refractivity contribution is 6.29. The van der Waals surface area contributed by atoms with Crippen LogP contribution in [0.25, 0.3) is 0 Å². The average Bonchev–Trinajstić information content (AvgIpc) is 2.28. The summed E-state index contributed by atoms with van der Waals surface area (Å²) in [6.07, 6.45) is 0. The number of hydrogen-bond acceptors (Lipinski definition) is 2. The Balaban J connectivity index is 2.37. The lowest BCUT2D eigenvalue weighted by Gasteiger charge is -2.11. The fourth-order valence-electron chi connectivity index (χ4n) is 1.69. The van der Waals surface area contributed by atoms with Gasteiger partial charge in [-0.3, -0.25) is 0 Å². The second-order valence-electron chi connectivity index (χ2n) is 3.80. The summed E-state index contributed by atoms with van der Waals surface area (Å²) >= 11 is 5.93. The Labute approximate surface area is 100 Å². The van der Waals surface area contributed by atoms with Crippen LogP contribution in [0.1, 0.15) is 29.9 Å². The van der Waals surface area contributed by atoms with Crippen molar-refractivity contribution in [3.05, 3.63) is 58.6 Å². The number of rotatable bonds is 2. The molecule has 0 fully saturated rings. The fraction of sp³-hybridized carbons (Fsp3) is 0.231. The first-order chi connectivity index (χ1) is 7.66. The molecule has 16 heavy (non-hydrogen) atoms. The second kappa shape index (κ2) is 4.62. The monoisotopic (exact) mass is 232 g/mol. The molecule has 0 radical (unpaired) electrons. The van der Waals surface area contributed by atoms with Gasteiger partial charge in [-0.2, -0.15) is 0 Å². The highest BCUT2D eigenvalue weighted by Crippen LogP contribution is 2.23. The van der Waals surface area contributed by atoms with Crippen molar-refractivity contribution in [2.24, 2.45) is 0 Å². The van der Waals surface area contributed by atoms with Crippen molar-refractivity contribution in [2.45, 2.75) is 19.8 Å². The molecule has 1 aromatic heterocycles. The largest absolute Gasteiger partial charge is 0.238 e. The van der Waals surface area contributed by atoms with Crippen LogP contribution < -0.4 is 0 Å². The van der Waals surface area contributed by atoms with Crippen molar-refractivity contribution in [2.75, 3.05) is 0 Å². The van der Waals surface area contributed by atoms with Gasteiger partial charge in [-0.05, 0) is 18.6 Å². The van der Waals surface area contributed by atoms with Crippen LogP contribution in [0.3, 0.4) is 0 Å². The van der Waals surface area contributed by atoms with Crippen LogP contribution in [0.4, 0.5) is 0 Å². The van der Waals surface area contributed by atoms with Gasteiger partial charge >= 0.3 is 0 Å². The number of hydrogen-bond donors (Lipinski definition) is 0. The lowest BCUT2D eigenvalue weighted by molar-refractivity contribution is 0.842. The van der Waals surface area contributed by atoms with Gasteiger partial charge in [0.15, 0.2) is 0 Å². The standard InChI is InChI=1S/C13H13ClN2/c1-9(11-6-4-3-5-7-11)12-8-13(14)16-10(2)15-12/h3-9H,1-2H3. The maximum Gasteiger partial charge on any atom is 0.133 e. The first kappa shape index (κ1) is 11.1. The van der Waals surface area contributed by atoms with E-state index >= 15 is 0 Å². The van der Waals surface area contributed by atoms with Crippen molar-refractivity contribution in [3.8, 4) is 0 Å². The molecule has 1 aromatic carbocycles. The summed E-state index contributed by atoms with van der Waals surface area (Å²) in [5.74, 6) is 0.950. The van der Waals surface area contributed by atoms with Gasteiger partial charge in [0.2, 0.25) is 0 Å². The summed E-state index contributed by atoms with van der Waals surface area (Å²) in [4.78, 5) is 8.48. The molecule has 0 aliphatic rings. The topological polar surface area (TPSA) is 25.8 Å². The fourth-order valence-corrected chi connectivity index (χ4v) is 1.92. The molecule has 2 nitrogen and oxygen atoms in total. The van der Waals surface area contributed by atoms with Crippen LogP contribution in [-0.2, 0) is 0 Å². The molecule has 82 valence electrons. The summed E-state index contributed by atoms with van der Waals surface area (Å²) in [6.45, 7) is 3.97. The molecule has 0 amide bonds. The highest BCUT2D eigenvalue weighted by Gasteiger charge is 2.11. The minimum absolute atomic E-state index is 0.236. The zero-order valence-corrected chi connectivity index (χ0v) is 10.1. The van der Waals surface area contributed by atoms with E-state index in [9.17, 15) is 0 Å². The van der Waals surface area contributed by atoms with Crippen LogP contribution in [-0.4, -0.2) is 9.97 Å². The van der Waals surface area contributed by atoms with E-state index in [0.717, 1.165) is 5.69 Å². The lowest BCUT2D eigenvalue weighted by Crippen LogP contribution is -2.01. The van der Waals surface area contributed by atoms with Gasteiger partial charge in [0, 0.05) is 5.92 Å². The Hall–Kier alpha value is -1.41. The first-order valence-corrected chi connectivity index (χ1v) is 5.60. The molecular weight excluding hydrogens is 220 g/mol. The second-order valence-corrected chi connectivity index (χ2v) is 4.18. The molecule has 0 aliphatic carbocycles. The van der Waals surface area contributed by atoms with E-state index in [1.54, 1.807) is 0 Å². The van der Waals surface area contributed by atoms with E-state index in [1.165, 1.54) is 5.56 Å². The third-order valence-corrected chi connectivity index (χ3v) is 2.76. The molecule has 0 saturated heterocycles. The minimum atomic E-state index is 0.236.